The molecule has 1 amide bonds. The number of carbonyl (C=O) groups excluding carboxylic acids is 3. The molecular formula is C26H35N3O7. The molecule has 196 valence electrons. The highest BCUT2D eigenvalue weighted by atomic mass is 16.6. The van der Waals surface area contributed by atoms with E-state index in [9.17, 15) is 24.5 Å². The number of esters is 2. The molecule has 10 heteroatoms. The SMILES string of the molecule is COC(=O)C1=C(C)NC(C)=C(C(=O)NC(CC(C)C)C(=O)OC(C)(C)C)[C@@H]1c1cccc([N+](=O)[O-])c1. The van der Waals surface area contributed by atoms with Crippen LogP contribution in [0.5, 0.6) is 0 Å². The lowest BCUT2D eigenvalue weighted by atomic mass is 9.79. The van der Waals surface area contributed by atoms with Crippen molar-refractivity contribution in [1.82, 2.24) is 10.6 Å². The first-order valence-corrected chi connectivity index (χ1v) is 11.7. The van der Waals surface area contributed by atoms with Gasteiger partial charge in [0.15, 0.2) is 0 Å². The molecule has 2 atom stereocenters. The van der Waals surface area contributed by atoms with E-state index in [1.54, 1.807) is 40.7 Å². The van der Waals surface area contributed by atoms with Crippen LogP contribution in [0.4, 0.5) is 5.69 Å². The number of amides is 1. The predicted octanol–water partition coefficient (Wildman–Crippen LogP) is 3.88. The van der Waals surface area contributed by atoms with E-state index in [-0.39, 0.29) is 22.8 Å². The number of rotatable bonds is 8. The van der Waals surface area contributed by atoms with E-state index in [2.05, 4.69) is 10.6 Å². The maximum Gasteiger partial charge on any atom is 0.336 e. The van der Waals surface area contributed by atoms with Crippen molar-refractivity contribution >= 4 is 23.5 Å². The maximum atomic E-state index is 13.7. The Balaban J connectivity index is 2.59. The molecule has 0 spiro atoms. The quantitative estimate of drug-likeness (QED) is 0.311. The van der Waals surface area contributed by atoms with Crippen molar-refractivity contribution < 1.29 is 28.8 Å². The Morgan fingerprint density at radius 1 is 1.14 bits per heavy atom. The summed E-state index contributed by atoms with van der Waals surface area (Å²) in [6.45, 7) is 12.4. The van der Waals surface area contributed by atoms with E-state index in [0.29, 0.717) is 23.4 Å². The fourth-order valence-corrected chi connectivity index (χ4v) is 4.12. The minimum absolute atomic E-state index is 0.0720. The molecule has 2 N–H and O–H groups in total. The number of methoxy groups -OCH3 is 1. The Labute approximate surface area is 211 Å². The van der Waals surface area contributed by atoms with Crippen LogP contribution >= 0.6 is 0 Å². The number of nitro benzene ring substituents is 1. The molecule has 2 rings (SSSR count). The summed E-state index contributed by atoms with van der Waals surface area (Å²) in [5, 5.41) is 17.3. The van der Waals surface area contributed by atoms with Gasteiger partial charge in [-0.2, -0.15) is 0 Å². The Morgan fingerprint density at radius 2 is 1.75 bits per heavy atom. The lowest BCUT2D eigenvalue weighted by molar-refractivity contribution is -0.384. The third-order valence-corrected chi connectivity index (χ3v) is 5.53. The predicted molar refractivity (Wildman–Crippen MR) is 134 cm³/mol. The van der Waals surface area contributed by atoms with E-state index >= 15 is 0 Å². The number of non-ortho nitro benzene ring substituents is 1. The van der Waals surface area contributed by atoms with Crippen molar-refractivity contribution in [1.29, 1.82) is 0 Å². The first-order chi connectivity index (χ1) is 16.7. The smallest absolute Gasteiger partial charge is 0.336 e. The van der Waals surface area contributed by atoms with Crippen LogP contribution in [0, 0.1) is 16.0 Å². The molecule has 0 saturated heterocycles. The van der Waals surface area contributed by atoms with E-state index < -0.39 is 40.3 Å². The van der Waals surface area contributed by atoms with Crippen molar-refractivity contribution in [2.24, 2.45) is 5.92 Å². The van der Waals surface area contributed by atoms with Gasteiger partial charge in [0.1, 0.15) is 11.6 Å². The lowest BCUT2D eigenvalue weighted by Gasteiger charge is -2.32. The molecule has 1 unspecified atom stereocenters. The van der Waals surface area contributed by atoms with Gasteiger partial charge in [0.25, 0.3) is 11.6 Å². The second-order valence-corrected chi connectivity index (χ2v) is 10.2. The van der Waals surface area contributed by atoms with E-state index in [1.807, 2.05) is 13.8 Å². The number of nitro groups is 1. The van der Waals surface area contributed by atoms with Gasteiger partial charge in [-0.15, -0.1) is 0 Å². The molecule has 1 aromatic carbocycles. The molecule has 0 bridgehead atoms. The van der Waals surface area contributed by atoms with Crippen LogP contribution in [0.15, 0.2) is 46.8 Å². The van der Waals surface area contributed by atoms with Crippen molar-refractivity contribution in [3.8, 4) is 0 Å². The molecule has 0 fully saturated rings. The van der Waals surface area contributed by atoms with Crippen LogP contribution in [0.1, 0.15) is 66.4 Å². The van der Waals surface area contributed by atoms with Crippen LogP contribution in [0.25, 0.3) is 0 Å². The summed E-state index contributed by atoms with van der Waals surface area (Å²) in [7, 11) is 1.22. The lowest BCUT2D eigenvalue weighted by Crippen LogP contribution is -2.47. The number of allylic oxidation sites excluding steroid dienone is 2. The summed E-state index contributed by atoms with van der Waals surface area (Å²) in [5.74, 6) is -2.74. The summed E-state index contributed by atoms with van der Waals surface area (Å²) in [4.78, 5) is 50.3. The highest BCUT2D eigenvalue weighted by Gasteiger charge is 2.39. The van der Waals surface area contributed by atoms with Gasteiger partial charge in [-0.3, -0.25) is 14.9 Å². The second-order valence-electron chi connectivity index (χ2n) is 10.2. The van der Waals surface area contributed by atoms with Crippen LogP contribution in [-0.2, 0) is 23.9 Å². The van der Waals surface area contributed by atoms with Gasteiger partial charge in [-0.1, -0.05) is 26.0 Å². The zero-order valence-electron chi connectivity index (χ0n) is 22.1. The van der Waals surface area contributed by atoms with Crippen LogP contribution in [0.2, 0.25) is 0 Å². The van der Waals surface area contributed by atoms with Gasteiger partial charge in [-0.25, -0.2) is 9.59 Å². The number of benzene rings is 1. The second kappa shape index (κ2) is 11.4. The zero-order valence-corrected chi connectivity index (χ0v) is 22.1. The molecule has 0 aliphatic carbocycles. The molecule has 0 aromatic heterocycles. The van der Waals surface area contributed by atoms with Crippen molar-refractivity contribution in [3.05, 3.63) is 62.5 Å². The molecule has 1 heterocycles. The zero-order chi connectivity index (χ0) is 27.4. The molecule has 1 aliphatic heterocycles. The molecular weight excluding hydrogens is 466 g/mol. The first-order valence-electron chi connectivity index (χ1n) is 11.7. The molecule has 36 heavy (non-hydrogen) atoms. The first kappa shape index (κ1) is 28.5. The molecule has 0 radical (unpaired) electrons. The highest BCUT2D eigenvalue weighted by Crippen LogP contribution is 2.39. The van der Waals surface area contributed by atoms with Gasteiger partial charge in [0.2, 0.25) is 0 Å². The van der Waals surface area contributed by atoms with Gasteiger partial charge < -0.3 is 20.1 Å². The average molecular weight is 502 g/mol. The molecule has 1 aromatic rings. The summed E-state index contributed by atoms with van der Waals surface area (Å²) in [6, 6.07) is 4.82. The van der Waals surface area contributed by atoms with Crippen LogP contribution in [-0.4, -0.2) is 41.5 Å². The topological polar surface area (TPSA) is 137 Å². The fourth-order valence-electron chi connectivity index (χ4n) is 4.12. The van der Waals surface area contributed by atoms with Gasteiger partial charge in [0.05, 0.1) is 23.5 Å². The molecule has 10 nitrogen and oxygen atoms in total. The number of ether oxygens (including phenoxy) is 2. The maximum absolute atomic E-state index is 13.7. The van der Waals surface area contributed by atoms with Crippen molar-refractivity contribution in [2.45, 2.75) is 72.4 Å². The molecule has 0 saturated carbocycles. The summed E-state index contributed by atoms with van der Waals surface area (Å²) in [6.07, 6.45) is 0.334. The number of hydrogen-bond acceptors (Lipinski definition) is 8. The summed E-state index contributed by atoms with van der Waals surface area (Å²) < 4.78 is 10.5. The fraction of sp³-hybridized carbons (Fsp3) is 0.500. The number of nitrogens with one attached hydrogen (secondary N) is 2. The number of nitrogens with zero attached hydrogens (tertiary/aromatic N) is 1. The molecule has 1 aliphatic rings. The van der Waals surface area contributed by atoms with Gasteiger partial charge >= 0.3 is 11.9 Å². The van der Waals surface area contributed by atoms with Gasteiger partial charge in [0, 0.05) is 29.1 Å². The minimum Gasteiger partial charge on any atom is -0.466 e. The monoisotopic (exact) mass is 501 g/mol. The summed E-state index contributed by atoms with van der Waals surface area (Å²) >= 11 is 0. The number of dihydropyridines is 1. The van der Waals surface area contributed by atoms with Crippen molar-refractivity contribution in [2.75, 3.05) is 7.11 Å². The average Bonchev–Trinajstić information content (AvgIpc) is 2.76. The largest absolute Gasteiger partial charge is 0.466 e. The number of hydrogen-bond donors (Lipinski definition) is 2. The standard InChI is InChI=1S/C26H35N3O7/c1-14(2)12-19(24(31)36-26(5,6)7)28-23(30)20-15(3)27-16(4)21(25(32)35-8)22(20)17-10-9-11-18(13-17)29(33)34/h9-11,13-14,19,22,27H,12H2,1-8H3,(H,28,30)/t19?,22-/m0/s1. The van der Waals surface area contributed by atoms with Gasteiger partial charge in [-0.05, 0) is 52.5 Å². The highest BCUT2D eigenvalue weighted by molar-refractivity contribution is 6.03. The third-order valence-electron chi connectivity index (χ3n) is 5.53. The van der Waals surface area contributed by atoms with E-state index in [1.165, 1.54) is 25.3 Å². The van der Waals surface area contributed by atoms with Crippen molar-refractivity contribution in [3.63, 3.8) is 0 Å². The summed E-state index contributed by atoms with van der Waals surface area (Å²) in [5.41, 5.74) is 0.636. The van der Waals surface area contributed by atoms with Crippen LogP contribution in [0.3, 0.4) is 0 Å². The van der Waals surface area contributed by atoms with E-state index in [4.69, 9.17) is 9.47 Å². The Morgan fingerprint density at radius 3 is 2.28 bits per heavy atom. The normalized spacial score (nSPS) is 16.9. The Hall–Kier alpha value is -3.69. The Bertz CT molecular complexity index is 1110. The third kappa shape index (κ3) is 6.93. The number of carbonyl (C=O) groups is 3. The van der Waals surface area contributed by atoms with Crippen LogP contribution < -0.4 is 10.6 Å². The Kier molecular flexibility index (Phi) is 9.01. The minimum atomic E-state index is -0.961. The van der Waals surface area contributed by atoms with E-state index in [0.717, 1.165) is 0 Å².